The number of aromatic nitrogens is 2. The molecular weight excluding hydrogens is 404 g/mol. The van der Waals surface area contributed by atoms with Crippen LogP contribution in [0.1, 0.15) is 0 Å². The molecule has 0 aliphatic rings. The van der Waals surface area contributed by atoms with Gasteiger partial charge in [-0.15, -0.1) is 0 Å². The molecule has 7 aromatic rings. The number of pyridine rings is 1. The van der Waals surface area contributed by atoms with Crippen LogP contribution in [-0.2, 0) is 0 Å². The van der Waals surface area contributed by atoms with Gasteiger partial charge in [0, 0.05) is 16.2 Å². The van der Waals surface area contributed by atoms with Crippen molar-refractivity contribution in [3.8, 4) is 22.3 Å². The van der Waals surface area contributed by atoms with Gasteiger partial charge >= 0.3 is 0 Å². The van der Waals surface area contributed by atoms with Gasteiger partial charge in [0.1, 0.15) is 5.65 Å². The molecule has 2 aromatic heterocycles. The van der Waals surface area contributed by atoms with Crippen LogP contribution in [-0.4, -0.2) is 9.38 Å². The molecule has 5 aromatic carbocycles. The van der Waals surface area contributed by atoms with E-state index < -0.39 is 0 Å². The SMILES string of the molecule is O=c1c2cccc3c(-c4ccccc4)ccc(c32)c2nc3ccc(-c4ccccc4)cc3n12. The lowest BCUT2D eigenvalue weighted by molar-refractivity contribution is 1.19. The molecule has 0 saturated heterocycles. The van der Waals surface area contributed by atoms with Crippen molar-refractivity contribution in [1.29, 1.82) is 0 Å². The van der Waals surface area contributed by atoms with Crippen molar-refractivity contribution < 1.29 is 0 Å². The van der Waals surface area contributed by atoms with Crippen molar-refractivity contribution >= 4 is 38.2 Å². The number of rotatable bonds is 2. The van der Waals surface area contributed by atoms with Gasteiger partial charge in [0.25, 0.3) is 5.56 Å². The maximum absolute atomic E-state index is 13.8. The van der Waals surface area contributed by atoms with Crippen molar-refractivity contribution in [1.82, 2.24) is 9.38 Å². The van der Waals surface area contributed by atoms with E-state index in [1.807, 2.05) is 54.6 Å². The molecule has 0 radical (unpaired) electrons. The van der Waals surface area contributed by atoms with Crippen molar-refractivity contribution in [3.63, 3.8) is 0 Å². The molecule has 0 N–H and O–H groups in total. The molecule has 0 aliphatic heterocycles. The van der Waals surface area contributed by atoms with E-state index in [2.05, 4.69) is 54.6 Å². The van der Waals surface area contributed by atoms with Gasteiger partial charge in [-0.2, -0.15) is 0 Å². The highest BCUT2D eigenvalue weighted by molar-refractivity contribution is 6.19. The second-order valence-electron chi connectivity index (χ2n) is 8.40. The zero-order valence-electron chi connectivity index (χ0n) is 17.7. The summed E-state index contributed by atoms with van der Waals surface area (Å²) in [7, 11) is 0. The molecule has 3 nitrogen and oxygen atoms in total. The average molecular weight is 422 g/mol. The van der Waals surface area contributed by atoms with E-state index >= 15 is 0 Å². The average Bonchev–Trinajstić information content (AvgIpc) is 3.27. The molecule has 0 atom stereocenters. The van der Waals surface area contributed by atoms with E-state index in [1.165, 1.54) is 0 Å². The zero-order chi connectivity index (χ0) is 21.9. The first-order valence-corrected chi connectivity index (χ1v) is 11.0. The molecule has 33 heavy (non-hydrogen) atoms. The number of imidazole rings is 1. The highest BCUT2D eigenvalue weighted by Crippen LogP contribution is 2.36. The van der Waals surface area contributed by atoms with Crippen LogP contribution in [0.3, 0.4) is 0 Å². The Morgan fingerprint density at radius 1 is 0.576 bits per heavy atom. The van der Waals surface area contributed by atoms with Crippen molar-refractivity contribution in [2.24, 2.45) is 0 Å². The normalized spacial score (nSPS) is 11.8. The van der Waals surface area contributed by atoms with Gasteiger partial charge in [-0.05, 0) is 51.9 Å². The Balaban J connectivity index is 1.61. The van der Waals surface area contributed by atoms with E-state index in [4.69, 9.17) is 4.98 Å². The fourth-order valence-electron chi connectivity index (χ4n) is 5.03. The number of hydrogen-bond donors (Lipinski definition) is 0. The van der Waals surface area contributed by atoms with Crippen LogP contribution in [0.5, 0.6) is 0 Å². The Hall–Kier alpha value is -4.50. The van der Waals surface area contributed by atoms with Gasteiger partial charge in [-0.1, -0.05) is 84.9 Å². The topological polar surface area (TPSA) is 34.4 Å². The predicted octanol–water partition coefficient (Wildman–Crippen LogP) is 6.93. The zero-order valence-corrected chi connectivity index (χ0v) is 17.7. The fraction of sp³-hybridized carbons (Fsp3) is 0. The Bertz CT molecular complexity index is 1870. The largest absolute Gasteiger partial charge is 0.268 e. The van der Waals surface area contributed by atoms with E-state index in [1.54, 1.807) is 4.40 Å². The number of hydrogen-bond acceptors (Lipinski definition) is 2. The van der Waals surface area contributed by atoms with Gasteiger partial charge in [0.2, 0.25) is 0 Å². The molecule has 0 fully saturated rings. The number of benzene rings is 5. The molecule has 7 rings (SSSR count). The Labute approximate surface area is 189 Å². The predicted molar refractivity (Wildman–Crippen MR) is 136 cm³/mol. The van der Waals surface area contributed by atoms with E-state index in [9.17, 15) is 4.79 Å². The minimum Gasteiger partial charge on any atom is -0.268 e. The molecule has 2 heterocycles. The minimum atomic E-state index is -0.0268. The number of nitrogens with zero attached hydrogens (tertiary/aromatic N) is 2. The number of fused-ring (bicyclic) bond motifs is 4. The van der Waals surface area contributed by atoms with Crippen LogP contribution in [0.4, 0.5) is 0 Å². The quantitative estimate of drug-likeness (QED) is 0.303. The van der Waals surface area contributed by atoms with Gasteiger partial charge in [0.05, 0.1) is 11.0 Å². The lowest BCUT2D eigenvalue weighted by atomic mass is 9.94. The maximum atomic E-state index is 13.8. The van der Waals surface area contributed by atoms with E-state index in [0.29, 0.717) is 5.65 Å². The van der Waals surface area contributed by atoms with Crippen molar-refractivity contribution in [2.45, 2.75) is 0 Å². The summed E-state index contributed by atoms with van der Waals surface area (Å²) in [6.45, 7) is 0. The molecule has 3 heteroatoms. The monoisotopic (exact) mass is 422 g/mol. The van der Waals surface area contributed by atoms with Gasteiger partial charge in [0.15, 0.2) is 0 Å². The molecule has 0 aliphatic carbocycles. The molecule has 154 valence electrons. The summed E-state index contributed by atoms with van der Waals surface area (Å²) in [6, 6.07) is 36.9. The van der Waals surface area contributed by atoms with Crippen LogP contribution in [0, 0.1) is 0 Å². The van der Waals surface area contributed by atoms with Crippen LogP contribution in [0.2, 0.25) is 0 Å². The molecule has 0 saturated carbocycles. The summed E-state index contributed by atoms with van der Waals surface area (Å²) < 4.78 is 1.78. The Morgan fingerprint density at radius 3 is 2.09 bits per heavy atom. The van der Waals surface area contributed by atoms with Crippen molar-refractivity contribution in [3.05, 3.63) is 120 Å². The van der Waals surface area contributed by atoms with Crippen LogP contribution < -0.4 is 5.56 Å². The first-order valence-electron chi connectivity index (χ1n) is 11.0. The smallest absolute Gasteiger partial charge is 0.264 e. The third-order valence-electron chi connectivity index (χ3n) is 6.56. The molecular formula is C30H18N2O. The molecule has 0 unspecified atom stereocenters. The first kappa shape index (κ1) is 18.1. The Morgan fingerprint density at radius 2 is 1.30 bits per heavy atom. The highest BCUT2D eigenvalue weighted by Gasteiger charge is 2.18. The second-order valence-corrected chi connectivity index (χ2v) is 8.40. The van der Waals surface area contributed by atoms with Gasteiger partial charge < -0.3 is 0 Å². The van der Waals surface area contributed by atoms with Gasteiger partial charge in [-0.25, -0.2) is 4.98 Å². The standard InChI is InChI=1S/C30H18N2O/c33-30-25-13-7-12-23-22(20-10-5-2-6-11-20)15-16-24(28(23)25)29-31-26-17-14-21(18-27(26)32(29)30)19-8-3-1-4-9-19/h1-18H. The summed E-state index contributed by atoms with van der Waals surface area (Å²) in [5.41, 5.74) is 6.80. The highest BCUT2D eigenvalue weighted by atomic mass is 16.1. The fourth-order valence-corrected chi connectivity index (χ4v) is 5.03. The lowest BCUT2D eigenvalue weighted by Gasteiger charge is -2.12. The molecule has 0 spiro atoms. The van der Waals surface area contributed by atoms with Crippen LogP contribution >= 0.6 is 0 Å². The third kappa shape index (κ3) is 2.56. The molecule has 0 bridgehead atoms. The maximum Gasteiger partial charge on any atom is 0.264 e. The van der Waals surface area contributed by atoms with Crippen LogP contribution in [0.15, 0.2) is 114 Å². The third-order valence-corrected chi connectivity index (χ3v) is 6.56. The second kappa shape index (κ2) is 6.75. The summed E-state index contributed by atoms with van der Waals surface area (Å²) in [5.74, 6) is 0. The minimum absolute atomic E-state index is 0.0268. The van der Waals surface area contributed by atoms with Crippen molar-refractivity contribution in [2.75, 3.05) is 0 Å². The van der Waals surface area contributed by atoms with Crippen LogP contribution in [0.25, 0.3) is 60.5 Å². The summed E-state index contributed by atoms with van der Waals surface area (Å²) in [4.78, 5) is 18.7. The Kier molecular flexibility index (Phi) is 3.70. The molecule has 0 amide bonds. The lowest BCUT2D eigenvalue weighted by Crippen LogP contribution is -2.13. The van der Waals surface area contributed by atoms with E-state index in [-0.39, 0.29) is 5.56 Å². The summed E-state index contributed by atoms with van der Waals surface area (Å²) >= 11 is 0. The first-order chi connectivity index (χ1) is 16.3. The van der Waals surface area contributed by atoms with E-state index in [0.717, 1.165) is 54.8 Å². The summed E-state index contributed by atoms with van der Waals surface area (Å²) in [6.07, 6.45) is 0. The summed E-state index contributed by atoms with van der Waals surface area (Å²) in [5, 5.41) is 3.78. The van der Waals surface area contributed by atoms with Gasteiger partial charge in [-0.3, -0.25) is 9.20 Å².